The molecule has 3 N–H and O–H groups in total. The van der Waals surface area contributed by atoms with Crippen LogP contribution in [0.5, 0.6) is 0 Å². The Morgan fingerprint density at radius 3 is 2.61 bits per heavy atom. The zero-order valence-corrected chi connectivity index (χ0v) is 11.6. The van der Waals surface area contributed by atoms with Crippen molar-refractivity contribution in [3.63, 3.8) is 0 Å². The van der Waals surface area contributed by atoms with Gasteiger partial charge in [-0.15, -0.1) is 0 Å². The van der Waals surface area contributed by atoms with E-state index in [2.05, 4.69) is 24.4 Å². The van der Waals surface area contributed by atoms with E-state index in [1.807, 2.05) is 26.0 Å². The largest absolute Gasteiger partial charge is 0.355 e. The molecular formula is C15H24N2O. The average molecular weight is 248 g/mol. The lowest BCUT2D eigenvalue weighted by molar-refractivity contribution is -0.129. The van der Waals surface area contributed by atoms with E-state index in [4.69, 9.17) is 5.73 Å². The van der Waals surface area contributed by atoms with Gasteiger partial charge in [-0.1, -0.05) is 31.2 Å². The highest BCUT2D eigenvalue weighted by Gasteiger charge is 2.28. The zero-order chi connectivity index (χ0) is 13.6. The minimum absolute atomic E-state index is 0.0566. The Hall–Kier alpha value is -1.35. The van der Waals surface area contributed by atoms with E-state index in [0.29, 0.717) is 13.1 Å². The van der Waals surface area contributed by atoms with Crippen LogP contribution in [0, 0.1) is 12.3 Å². The van der Waals surface area contributed by atoms with Gasteiger partial charge in [0.2, 0.25) is 5.91 Å². The summed E-state index contributed by atoms with van der Waals surface area (Å²) in [6.45, 7) is 7.05. The van der Waals surface area contributed by atoms with E-state index in [1.54, 1.807) is 0 Å². The number of benzene rings is 1. The highest BCUT2D eigenvalue weighted by molar-refractivity contribution is 5.82. The molecule has 1 aromatic rings. The van der Waals surface area contributed by atoms with Crippen LogP contribution < -0.4 is 11.1 Å². The highest BCUT2D eigenvalue weighted by atomic mass is 16.2. The first-order chi connectivity index (χ1) is 8.53. The van der Waals surface area contributed by atoms with Gasteiger partial charge in [-0.05, 0) is 37.8 Å². The fourth-order valence-electron chi connectivity index (χ4n) is 1.81. The van der Waals surface area contributed by atoms with Crippen LogP contribution in [0.3, 0.4) is 0 Å². The molecule has 1 aromatic carbocycles. The first-order valence-corrected chi connectivity index (χ1v) is 6.56. The van der Waals surface area contributed by atoms with Gasteiger partial charge in [-0.3, -0.25) is 4.79 Å². The molecule has 0 saturated heterocycles. The molecule has 0 heterocycles. The van der Waals surface area contributed by atoms with Crippen molar-refractivity contribution in [3.8, 4) is 0 Å². The van der Waals surface area contributed by atoms with Crippen LogP contribution in [0.15, 0.2) is 24.3 Å². The van der Waals surface area contributed by atoms with Gasteiger partial charge in [0.1, 0.15) is 0 Å². The number of nitrogens with one attached hydrogen (secondary N) is 1. The van der Waals surface area contributed by atoms with Crippen molar-refractivity contribution in [2.45, 2.75) is 33.6 Å². The fourth-order valence-corrected chi connectivity index (χ4v) is 1.81. The standard InChI is InChI=1S/C15H24N2O/c1-4-15(3,11-16)14(18)17-10-9-13-8-6-5-7-12(13)2/h5-8H,4,9-11,16H2,1-3H3,(H,17,18). The van der Waals surface area contributed by atoms with Crippen LogP contribution in [-0.4, -0.2) is 19.0 Å². The van der Waals surface area contributed by atoms with E-state index >= 15 is 0 Å². The topological polar surface area (TPSA) is 55.1 Å². The molecule has 1 atom stereocenters. The summed E-state index contributed by atoms with van der Waals surface area (Å²) in [6, 6.07) is 8.25. The summed E-state index contributed by atoms with van der Waals surface area (Å²) in [6.07, 6.45) is 1.63. The molecule has 0 aromatic heterocycles. The Morgan fingerprint density at radius 1 is 1.39 bits per heavy atom. The Kier molecular flexibility index (Phi) is 5.35. The average Bonchev–Trinajstić information content (AvgIpc) is 2.39. The molecule has 3 heteroatoms. The van der Waals surface area contributed by atoms with E-state index in [-0.39, 0.29) is 5.91 Å². The summed E-state index contributed by atoms with van der Waals surface area (Å²) in [7, 11) is 0. The summed E-state index contributed by atoms with van der Waals surface area (Å²) in [5, 5.41) is 2.98. The second kappa shape index (κ2) is 6.55. The molecule has 1 amide bonds. The summed E-state index contributed by atoms with van der Waals surface area (Å²) in [5.74, 6) is 0.0566. The maximum atomic E-state index is 12.0. The van der Waals surface area contributed by atoms with Crippen LogP contribution in [0.2, 0.25) is 0 Å². The Balaban J connectivity index is 2.48. The van der Waals surface area contributed by atoms with Gasteiger partial charge >= 0.3 is 0 Å². The van der Waals surface area contributed by atoms with Gasteiger partial charge in [0.05, 0.1) is 5.41 Å². The van der Waals surface area contributed by atoms with Crippen molar-refractivity contribution in [2.75, 3.05) is 13.1 Å². The smallest absolute Gasteiger partial charge is 0.227 e. The molecule has 1 unspecified atom stereocenters. The predicted molar refractivity (Wildman–Crippen MR) is 75.3 cm³/mol. The molecule has 3 nitrogen and oxygen atoms in total. The molecule has 100 valence electrons. The molecular weight excluding hydrogens is 224 g/mol. The second-order valence-electron chi connectivity index (χ2n) is 5.05. The van der Waals surface area contributed by atoms with Gasteiger partial charge in [0, 0.05) is 13.1 Å². The third kappa shape index (κ3) is 3.57. The summed E-state index contributed by atoms with van der Waals surface area (Å²) < 4.78 is 0. The van der Waals surface area contributed by atoms with Gasteiger partial charge in [0.15, 0.2) is 0 Å². The predicted octanol–water partition coefficient (Wildman–Crippen LogP) is 2.03. The first-order valence-electron chi connectivity index (χ1n) is 6.56. The summed E-state index contributed by atoms with van der Waals surface area (Å²) in [4.78, 5) is 12.0. The maximum absolute atomic E-state index is 12.0. The van der Waals surface area contributed by atoms with Crippen LogP contribution in [0.4, 0.5) is 0 Å². The van der Waals surface area contributed by atoms with Gasteiger partial charge in [-0.2, -0.15) is 0 Å². The Bertz CT molecular complexity index is 397. The third-order valence-corrected chi connectivity index (χ3v) is 3.72. The van der Waals surface area contributed by atoms with Crippen molar-refractivity contribution in [2.24, 2.45) is 11.1 Å². The summed E-state index contributed by atoms with van der Waals surface area (Å²) >= 11 is 0. The lowest BCUT2D eigenvalue weighted by Crippen LogP contribution is -2.44. The van der Waals surface area contributed by atoms with Crippen LogP contribution in [0.1, 0.15) is 31.4 Å². The molecule has 0 saturated carbocycles. The number of aryl methyl sites for hydroxylation is 1. The van der Waals surface area contributed by atoms with Crippen molar-refractivity contribution in [1.82, 2.24) is 5.32 Å². The van der Waals surface area contributed by atoms with Crippen molar-refractivity contribution >= 4 is 5.91 Å². The number of amides is 1. The fraction of sp³-hybridized carbons (Fsp3) is 0.533. The number of rotatable bonds is 6. The molecule has 0 aliphatic heterocycles. The minimum Gasteiger partial charge on any atom is -0.355 e. The molecule has 0 aliphatic carbocycles. The highest BCUT2D eigenvalue weighted by Crippen LogP contribution is 2.19. The monoisotopic (exact) mass is 248 g/mol. The van der Waals surface area contributed by atoms with Crippen LogP contribution >= 0.6 is 0 Å². The van der Waals surface area contributed by atoms with Crippen LogP contribution in [0.25, 0.3) is 0 Å². The maximum Gasteiger partial charge on any atom is 0.227 e. The summed E-state index contributed by atoms with van der Waals surface area (Å²) in [5.41, 5.74) is 7.77. The number of carbonyl (C=O) groups excluding carboxylic acids is 1. The van der Waals surface area contributed by atoms with E-state index < -0.39 is 5.41 Å². The van der Waals surface area contributed by atoms with Crippen molar-refractivity contribution in [1.29, 1.82) is 0 Å². The quantitative estimate of drug-likeness (QED) is 0.809. The molecule has 0 bridgehead atoms. The lowest BCUT2D eigenvalue weighted by Gasteiger charge is -2.25. The second-order valence-corrected chi connectivity index (χ2v) is 5.05. The zero-order valence-electron chi connectivity index (χ0n) is 11.6. The normalized spacial score (nSPS) is 14.0. The lowest BCUT2D eigenvalue weighted by atomic mass is 9.86. The number of carbonyl (C=O) groups is 1. The number of nitrogens with two attached hydrogens (primary N) is 1. The SMILES string of the molecule is CCC(C)(CN)C(=O)NCCc1ccccc1C. The van der Waals surface area contributed by atoms with Crippen LogP contribution in [-0.2, 0) is 11.2 Å². The molecule has 0 radical (unpaired) electrons. The van der Waals surface area contributed by atoms with Crippen molar-refractivity contribution in [3.05, 3.63) is 35.4 Å². The third-order valence-electron chi connectivity index (χ3n) is 3.72. The Morgan fingerprint density at radius 2 is 2.06 bits per heavy atom. The molecule has 0 spiro atoms. The van der Waals surface area contributed by atoms with Gasteiger partial charge < -0.3 is 11.1 Å². The molecule has 0 aliphatic rings. The Labute approximate surface area is 110 Å². The minimum atomic E-state index is -0.439. The van der Waals surface area contributed by atoms with E-state index in [9.17, 15) is 4.79 Å². The number of hydrogen-bond acceptors (Lipinski definition) is 2. The van der Waals surface area contributed by atoms with Crippen molar-refractivity contribution < 1.29 is 4.79 Å². The molecule has 18 heavy (non-hydrogen) atoms. The molecule has 1 rings (SSSR count). The number of hydrogen-bond donors (Lipinski definition) is 2. The van der Waals surface area contributed by atoms with Gasteiger partial charge in [0.25, 0.3) is 0 Å². The first kappa shape index (κ1) is 14.7. The van der Waals surface area contributed by atoms with E-state index in [0.717, 1.165) is 12.8 Å². The molecule has 0 fully saturated rings. The van der Waals surface area contributed by atoms with E-state index in [1.165, 1.54) is 11.1 Å². The van der Waals surface area contributed by atoms with Gasteiger partial charge in [-0.25, -0.2) is 0 Å².